The Hall–Kier alpha value is -3.72. The van der Waals surface area contributed by atoms with Gasteiger partial charge in [-0.3, -0.25) is 4.79 Å². The fourth-order valence-electron chi connectivity index (χ4n) is 3.84. The third-order valence-corrected chi connectivity index (χ3v) is 5.17. The number of carbonyl (C=O) groups excluding carboxylic acids is 1. The second kappa shape index (κ2) is 6.46. The number of benzene rings is 3. The Morgan fingerprint density at radius 2 is 1.57 bits per heavy atom. The molecule has 0 aliphatic heterocycles. The fourth-order valence-corrected chi connectivity index (χ4v) is 3.84. The first-order valence-electron chi connectivity index (χ1n) is 9.30. The smallest absolute Gasteiger partial charge is 0.197 e. The number of fused-ring (bicyclic) bond motifs is 2. The molecule has 5 aromatic rings. The molecule has 3 heteroatoms. The molecule has 0 saturated heterocycles. The van der Waals surface area contributed by atoms with Crippen molar-refractivity contribution in [3.63, 3.8) is 0 Å². The second-order valence-corrected chi connectivity index (χ2v) is 6.93. The van der Waals surface area contributed by atoms with E-state index in [9.17, 15) is 4.79 Å². The summed E-state index contributed by atoms with van der Waals surface area (Å²) in [6.07, 6.45) is 1.90. The van der Waals surface area contributed by atoms with Crippen LogP contribution in [0.5, 0.6) is 0 Å². The Labute approximate surface area is 162 Å². The molecule has 0 saturated carbocycles. The van der Waals surface area contributed by atoms with Crippen molar-refractivity contribution < 1.29 is 4.79 Å². The average Bonchev–Trinajstić information content (AvgIpc) is 3.14. The zero-order chi connectivity index (χ0) is 19.1. The van der Waals surface area contributed by atoms with Gasteiger partial charge < -0.3 is 0 Å². The highest BCUT2D eigenvalue weighted by Crippen LogP contribution is 2.34. The van der Waals surface area contributed by atoms with Gasteiger partial charge in [0.05, 0.1) is 11.1 Å². The van der Waals surface area contributed by atoms with E-state index in [1.54, 1.807) is 0 Å². The number of hydrogen-bond donors (Lipinski definition) is 0. The summed E-state index contributed by atoms with van der Waals surface area (Å²) >= 11 is 0. The minimum atomic E-state index is -0.00664. The Kier molecular flexibility index (Phi) is 3.80. The number of aryl methyl sites for hydroxylation is 1. The number of ketones is 1. The number of rotatable bonds is 3. The number of carbonyl (C=O) groups is 1. The van der Waals surface area contributed by atoms with Crippen molar-refractivity contribution >= 4 is 22.1 Å². The quantitative estimate of drug-likeness (QED) is 0.386. The SMILES string of the molecule is Cc1cccn2nc(-c3cccc4ccccc34)c(C(=O)c3ccccc3)c12. The predicted octanol–water partition coefficient (Wildman–Crippen LogP) is 5.69. The molecule has 0 bridgehead atoms. The van der Waals surface area contributed by atoms with Crippen LogP contribution in [0.3, 0.4) is 0 Å². The molecule has 0 aliphatic rings. The lowest BCUT2D eigenvalue weighted by molar-refractivity contribution is 0.104. The van der Waals surface area contributed by atoms with Gasteiger partial charge in [0, 0.05) is 17.3 Å². The predicted molar refractivity (Wildman–Crippen MR) is 113 cm³/mol. The van der Waals surface area contributed by atoms with E-state index in [2.05, 4.69) is 18.2 Å². The molecule has 5 rings (SSSR count). The van der Waals surface area contributed by atoms with Crippen LogP contribution in [-0.4, -0.2) is 15.4 Å². The topological polar surface area (TPSA) is 34.4 Å². The largest absolute Gasteiger partial charge is 0.288 e. The summed E-state index contributed by atoms with van der Waals surface area (Å²) in [6, 6.07) is 27.7. The molecule has 134 valence electrons. The summed E-state index contributed by atoms with van der Waals surface area (Å²) in [5.74, 6) is -0.00664. The van der Waals surface area contributed by atoms with Gasteiger partial charge in [0.25, 0.3) is 0 Å². The molecule has 0 fully saturated rings. The number of hydrogen-bond acceptors (Lipinski definition) is 2. The van der Waals surface area contributed by atoms with Crippen molar-refractivity contribution in [3.8, 4) is 11.3 Å². The summed E-state index contributed by atoms with van der Waals surface area (Å²) in [6.45, 7) is 2.02. The van der Waals surface area contributed by atoms with Crippen LogP contribution < -0.4 is 0 Å². The summed E-state index contributed by atoms with van der Waals surface area (Å²) in [5.41, 5.74) is 4.91. The van der Waals surface area contributed by atoms with E-state index < -0.39 is 0 Å². The molecule has 2 aromatic heterocycles. The first-order valence-corrected chi connectivity index (χ1v) is 9.30. The lowest BCUT2D eigenvalue weighted by Crippen LogP contribution is -2.03. The van der Waals surface area contributed by atoms with Crippen LogP contribution in [0.4, 0.5) is 0 Å². The molecule has 0 amide bonds. The van der Waals surface area contributed by atoms with E-state index in [4.69, 9.17) is 5.10 Å². The first kappa shape index (κ1) is 16.5. The molecular formula is C25H18N2O. The maximum absolute atomic E-state index is 13.6. The highest BCUT2D eigenvalue weighted by molar-refractivity contribution is 6.18. The lowest BCUT2D eigenvalue weighted by atomic mass is 9.94. The van der Waals surface area contributed by atoms with E-state index in [1.165, 1.54) is 0 Å². The summed E-state index contributed by atoms with van der Waals surface area (Å²) in [4.78, 5) is 13.6. The first-order chi connectivity index (χ1) is 13.7. The van der Waals surface area contributed by atoms with E-state index in [0.717, 1.165) is 33.1 Å². The highest BCUT2D eigenvalue weighted by Gasteiger charge is 2.24. The molecule has 0 radical (unpaired) electrons. The van der Waals surface area contributed by atoms with Crippen molar-refractivity contribution in [3.05, 3.63) is 108 Å². The minimum Gasteiger partial charge on any atom is -0.288 e. The number of aromatic nitrogens is 2. The van der Waals surface area contributed by atoms with Crippen molar-refractivity contribution in [1.29, 1.82) is 0 Å². The molecule has 0 N–H and O–H groups in total. The Morgan fingerprint density at radius 3 is 2.43 bits per heavy atom. The Bertz CT molecular complexity index is 1330. The van der Waals surface area contributed by atoms with Crippen LogP contribution in [0.25, 0.3) is 27.5 Å². The molecule has 0 spiro atoms. The molecule has 28 heavy (non-hydrogen) atoms. The van der Waals surface area contributed by atoms with Crippen LogP contribution in [0, 0.1) is 6.92 Å². The third kappa shape index (κ3) is 2.52. The summed E-state index contributed by atoms with van der Waals surface area (Å²) in [7, 11) is 0. The molecule has 3 aromatic carbocycles. The second-order valence-electron chi connectivity index (χ2n) is 6.93. The molecule has 0 aliphatic carbocycles. The van der Waals surface area contributed by atoms with Crippen LogP contribution in [0.1, 0.15) is 21.5 Å². The lowest BCUT2D eigenvalue weighted by Gasteiger charge is -2.07. The average molecular weight is 362 g/mol. The molecule has 0 unspecified atom stereocenters. The third-order valence-electron chi connectivity index (χ3n) is 5.17. The van der Waals surface area contributed by atoms with Gasteiger partial charge in [-0.05, 0) is 29.3 Å². The number of nitrogens with zero attached hydrogens (tertiary/aromatic N) is 2. The van der Waals surface area contributed by atoms with Gasteiger partial charge >= 0.3 is 0 Å². The van der Waals surface area contributed by atoms with E-state index in [0.29, 0.717) is 11.1 Å². The maximum atomic E-state index is 13.6. The van der Waals surface area contributed by atoms with Gasteiger partial charge in [0.15, 0.2) is 5.78 Å². The monoisotopic (exact) mass is 362 g/mol. The van der Waals surface area contributed by atoms with E-state index in [1.807, 2.05) is 84.4 Å². The zero-order valence-electron chi connectivity index (χ0n) is 15.5. The molecule has 0 atom stereocenters. The fraction of sp³-hybridized carbons (Fsp3) is 0.0400. The molecule has 3 nitrogen and oxygen atoms in total. The van der Waals surface area contributed by atoms with Gasteiger partial charge in [0.2, 0.25) is 0 Å². The van der Waals surface area contributed by atoms with Gasteiger partial charge in [-0.25, -0.2) is 4.52 Å². The van der Waals surface area contributed by atoms with Gasteiger partial charge in [-0.15, -0.1) is 0 Å². The van der Waals surface area contributed by atoms with Crippen molar-refractivity contribution in [1.82, 2.24) is 9.61 Å². The van der Waals surface area contributed by atoms with Crippen LogP contribution in [0.2, 0.25) is 0 Å². The standard InChI is InChI=1S/C25H18N2O/c1-17-9-8-16-27-24(17)22(25(28)19-11-3-2-4-12-19)23(26-27)21-15-7-13-18-10-5-6-14-20(18)21/h2-16H,1H3. The van der Waals surface area contributed by atoms with Gasteiger partial charge in [-0.2, -0.15) is 5.10 Å². The maximum Gasteiger partial charge on any atom is 0.197 e. The van der Waals surface area contributed by atoms with Gasteiger partial charge in [0.1, 0.15) is 5.69 Å². The molecule has 2 heterocycles. The minimum absolute atomic E-state index is 0.00664. The van der Waals surface area contributed by atoms with Crippen LogP contribution in [0.15, 0.2) is 91.1 Å². The van der Waals surface area contributed by atoms with Crippen molar-refractivity contribution in [2.45, 2.75) is 6.92 Å². The molecular weight excluding hydrogens is 344 g/mol. The van der Waals surface area contributed by atoms with E-state index in [-0.39, 0.29) is 5.78 Å². The highest BCUT2D eigenvalue weighted by atomic mass is 16.1. The summed E-state index contributed by atoms with van der Waals surface area (Å²) in [5, 5.41) is 7.06. The van der Waals surface area contributed by atoms with Crippen LogP contribution in [-0.2, 0) is 0 Å². The van der Waals surface area contributed by atoms with Crippen molar-refractivity contribution in [2.75, 3.05) is 0 Å². The normalized spacial score (nSPS) is 11.2. The number of pyridine rings is 1. The van der Waals surface area contributed by atoms with Crippen LogP contribution >= 0.6 is 0 Å². The van der Waals surface area contributed by atoms with E-state index >= 15 is 0 Å². The van der Waals surface area contributed by atoms with Crippen molar-refractivity contribution in [2.24, 2.45) is 0 Å². The summed E-state index contributed by atoms with van der Waals surface area (Å²) < 4.78 is 1.82. The Balaban J connectivity index is 1.87. The Morgan fingerprint density at radius 1 is 0.821 bits per heavy atom. The zero-order valence-corrected chi connectivity index (χ0v) is 15.5. The van der Waals surface area contributed by atoms with Gasteiger partial charge in [-0.1, -0.05) is 78.9 Å².